The summed E-state index contributed by atoms with van der Waals surface area (Å²) in [5.41, 5.74) is 1.16. The molecule has 0 unspecified atom stereocenters. The van der Waals surface area contributed by atoms with Crippen LogP contribution in [0.25, 0.3) is 0 Å². The monoisotopic (exact) mass is 435 g/mol. The number of rotatable bonds is 7. The molecule has 0 aromatic heterocycles. The largest absolute Gasteiger partial charge is 0.494 e. The highest BCUT2D eigenvalue weighted by Crippen LogP contribution is 2.30. The average Bonchev–Trinajstić information content (AvgIpc) is 2.69. The van der Waals surface area contributed by atoms with E-state index in [1.807, 2.05) is 6.92 Å². The lowest BCUT2D eigenvalue weighted by atomic mass is 10.2. The van der Waals surface area contributed by atoms with Crippen LogP contribution in [0.5, 0.6) is 5.75 Å². The average molecular weight is 436 g/mol. The number of benzene rings is 3. The third-order valence-corrected chi connectivity index (χ3v) is 6.47. The predicted molar refractivity (Wildman–Crippen MR) is 114 cm³/mol. The van der Waals surface area contributed by atoms with Gasteiger partial charge in [0.25, 0.3) is 10.0 Å². The van der Waals surface area contributed by atoms with E-state index in [4.69, 9.17) is 27.9 Å². The van der Waals surface area contributed by atoms with E-state index in [0.717, 1.165) is 0 Å². The van der Waals surface area contributed by atoms with Gasteiger partial charge in [0.2, 0.25) is 0 Å². The van der Waals surface area contributed by atoms with Crippen molar-refractivity contribution in [2.24, 2.45) is 0 Å². The highest BCUT2D eigenvalue weighted by atomic mass is 35.5. The fourth-order valence-electron chi connectivity index (χ4n) is 2.71. The van der Waals surface area contributed by atoms with Crippen LogP contribution < -0.4 is 9.04 Å². The molecule has 0 bridgehead atoms. The number of anilines is 1. The van der Waals surface area contributed by atoms with Crippen molar-refractivity contribution in [3.05, 3.63) is 88.4 Å². The van der Waals surface area contributed by atoms with Gasteiger partial charge in [-0.2, -0.15) is 0 Å². The van der Waals surface area contributed by atoms with Gasteiger partial charge in [0.1, 0.15) is 5.75 Å². The summed E-state index contributed by atoms with van der Waals surface area (Å²) in [5, 5.41) is 0.902. The van der Waals surface area contributed by atoms with Crippen LogP contribution in [0.1, 0.15) is 12.5 Å². The molecule has 0 radical (unpaired) electrons. The van der Waals surface area contributed by atoms with E-state index in [9.17, 15) is 8.42 Å². The van der Waals surface area contributed by atoms with Crippen molar-refractivity contribution < 1.29 is 13.2 Å². The molecule has 7 heteroatoms. The Morgan fingerprint density at radius 3 is 2.21 bits per heavy atom. The number of hydrogen-bond donors (Lipinski definition) is 0. The Hall–Kier alpha value is -2.21. The van der Waals surface area contributed by atoms with Crippen molar-refractivity contribution in [1.82, 2.24) is 0 Å². The molecule has 3 aromatic rings. The maximum atomic E-state index is 13.4. The lowest BCUT2D eigenvalue weighted by Gasteiger charge is -2.25. The highest BCUT2D eigenvalue weighted by molar-refractivity contribution is 7.92. The normalized spacial score (nSPS) is 11.2. The number of hydrogen-bond acceptors (Lipinski definition) is 3. The van der Waals surface area contributed by atoms with Crippen LogP contribution in [0.4, 0.5) is 5.69 Å². The van der Waals surface area contributed by atoms with Crippen molar-refractivity contribution in [3.8, 4) is 5.75 Å². The maximum absolute atomic E-state index is 13.4. The number of halogens is 2. The summed E-state index contributed by atoms with van der Waals surface area (Å²) in [6.45, 7) is 2.50. The van der Waals surface area contributed by atoms with Gasteiger partial charge in [0.15, 0.2) is 0 Å². The van der Waals surface area contributed by atoms with Gasteiger partial charge >= 0.3 is 0 Å². The number of sulfonamides is 1. The molecule has 0 aliphatic carbocycles. The van der Waals surface area contributed by atoms with Crippen molar-refractivity contribution in [1.29, 1.82) is 0 Å². The van der Waals surface area contributed by atoms with Gasteiger partial charge in [-0.05, 0) is 61.0 Å². The van der Waals surface area contributed by atoms with Crippen LogP contribution in [0, 0.1) is 0 Å². The van der Waals surface area contributed by atoms with Gasteiger partial charge in [0, 0.05) is 10.0 Å². The molecule has 0 fully saturated rings. The van der Waals surface area contributed by atoms with Crippen molar-refractivity contribution in [2.45, 2.75) is 18.4 Å². The van der Waals surface area contributed by atoms with Crippen LogP contribution in [0.2, 0.25) is 10.0 Å². The van der Waals surface area contributed by atoms with Gasteiger partial charge in [0.05, 0.1) is 23.7 Å². The standard InChI is InChI=1S/C21H19Cl2NO3S/c1-2-27-19-12-10-18(11-13-19)24(15-16-8-9-17(22)14-21(16)23)28(25,26)20-6-4-3-5-7-20/h3-14H,2,15H2,1H3. The summed E-state index contributed by atoms with van der Waals surface area (Å²) in [5.74, 6) is 0.674. The molecule has 0 saturated carbocycles. The minimum Gasteiger partial charge on any atom is -0.494 e. The van der Waals surface area contributed by atoms with E-state index >= 15 is 0 Å². The van der Waals surface area contributed by atoms with Crippen LogP contribution in [0.15, 0.2) is 77.7 Å². The van der Waals surface area contributed by atoms with Gasteiger partial charge < -0.3 is 4.74 Å². The first-order valence-electron chi connectivity index (χ1n) is 8.66. The zero-order valence-electron chi connectivity index (χ0n) is 15.2. The maximum Gasteiger partial charge on any atom is 0.264 e. The molecule has 4 nitrogen and oxygen atoms in total. The zero-order valence-corrected chi connectivity index (χ0v) is 17.5. The highest BCUT2D eigenvalue weighted by Gasteiger charge is 2.26. The van der Waals surface area contributed by atoms with Gasteiger partial charge in [-0.1, -0.05) is 47.5 Å². The fourth-order valence-corrected chi connectivity index (χ4v) is 4.65. The Balaban J connectivity index is 2.05. The van der Waals surface area contributed by atoms with E-state index in [0.29, 0.717) is 33.7 Å². The Kier molecular flexibility index (Phi) is 6.50. The molecule has 0 amide bonds. The van der Waals surface area contributed by atoms with Crippen molar-refractivity contribution in [3.63, 3.8) is 0 Å². The minimum atomic E-state index is -3.80. The Bertz CT molecular complexity index is 1040. The minimum absolute atomic E-state index is 0.0706. The van der Waals surface area contributed by atoms with Gasteiger partial charge in [-0.25, -0.2) is 8.42 Å². The summed E-state index contributed by atoms with van der Waals surface area (Å²) in [6, 6.07) is 20.2. The van der Waals surface area contributed by atoms with Crippen LogP contribution in [-0.2, 0) is 16.6 Å². The van der Waals surface area contributed by atoms with Crippen LogP contribution >= 0.6 is 23.2 Å². The van der Waals surface area contributed by atoms with E-state index < -0.39 is 10.0 Å². The number of ether oxygens (including phenoxy) is 1. The third-order valence-electron chi connectivity index (χ3n) is 4.10. The quantitative estimate of drug-likeness (QED) is 0.471. The molecule has 0 heterocycles. The third kappa shape index (κ3) is 4.61. The van der Waals surface area contributed by atoms with Gasteiger partial charge in [-0.15, -0.1) is 0 Å². The Morgan fingerprint density at radius 2 is 1.61 bits per heavy atom. The van der Waals surface area contributed by atoms with Crippen LogP contribution in [0.3, 0.4) is 0 Å². The van der Waals surface area contributed by atoms with E-state index in [1.165, 1.54) is 4.31 Å². The SMILES string of the molecule is CCOc1ccc(N(Cc2ccc(Cl)cc2Cl)S(=O)(=O)c2ccccc2)cc1. The van der Waals surface area contributed by atoms with Crippen molar-refractivity contribution >= 4 is 38.9 Å². The molecule has 28 heavy (non-hydrogen) atoms. The smallest absolute Gasteiger partial charge is 0.264 e. The molecule has 3 aromatic carbocycles. The molecular formula is C21H19Cl2NO3S. The zero-order chi connectivity index (χ0) is 20.1. The summed E-state index contributed by atoms with van der Waals surface area (Å²) < 4.78 is 33.5. The topological polar surface area (TPSA) is 46.6 Å². The molecule has 146 valence electrons. The summed E-state index contributed by atoms with van der Waals surface area (Å²) in [4.78, 5) is 0.203. The first-order chi connectivity index (χ1) is 13.4. The van der Waals surface area contributed by atoms with Crippen LogP contribution in [-0.4, -0.2) is 15.0 Å². The molecule has 0 aliphatic rings. The molecule has 0 N–H and O–H groups in total. The summed E-state index contributed by atoms with van der Waals surface area (Å²) >= 11 is 12.3. The lowest BCUT2D eigenvalue weighted by molar-refractivity contribution is 0.340. The van der Waals surface area contributed by atoms with E-state index in [-0.39, 0.29) is 11.4 Å². The summed E-state index contributed by atoms with van der Waals surface area (Å²) in [6.07, 6.45) is 0. The van der Waals surface area contributed by atoms with Gasteiger partial charge in [-0.3, -0.25) is 4.31 Å². The molecule has 0 aliphatic heterocycles. The second kappa shape index (κ2) is 8.86. The molecule has 0 saturated heterocycles. The fraction of sp³-hybridized carbons (Fsp3) is 0.143. The first-order valence-corrected chi connectivity index (χ1v) is 10.9. The predicted octanol–water partition coefficient (Wildman–Crippen LogP) is 5.79. The second-order valence-electron chi connectivity index (χ2n) is 5.99. The lowest BCUT2D eigenvalue weighted by Crippen LogP contribution is -2.30. The summed E-state index contributed by atoms with van der Waals surface area (Å²) in [7, 11) is -3.80. The number of nitrogens with zero attached hydrogens (tertiary/aromatic N) is 1. The molecule has 3 rings (SSSR count). The second-order valence-corrected chi connectivity index (χ2v) is 8.69. The van der Waals surface area contributed by atoms with Crippen molar-refractivity contribution in [2.75, 3.05) is 10.9 Å². The molecule has 0 atom stereocenters. The Labute approximate surface area is 175 Å². The Morgan fingerprint density at radius 1 is 0.929 bits per heavy atom. The first kappa shape index (κ1) is 20.5. The molecule has 0 spiro atoms. The van der Waals surface area contributed by atoms with E-state index in [2.05, 4.69) is 0 Å². The van der Waals surface area contributed by atoms with E-state index in [1.54, 1.807) is 72.8 Å². The molecular weight excluding hydrogens is 417 g/mol.